The Morgan fingerprint density at radius 1 is 1.22 bits per heavy atom. The van der Waals surface area contributed by atoms with E-state index in [1.807, 2.05) is 31.3 Å². The van der Waals surface area contributed by atoms with Gasteiger partial charge in [0, 0.05) is 11.0 Å². The number of hydrogen-bond acceptors (Lipinski definition) is 2. The third kappa shape index (κ3) is 5.40. The van der Waals surface area contributed by atoms with E-state index in [1.54, 1.807) is 0 Å². The first-order chi connectivity index (χ1) is 8.59. The monoisotopic (exact) mass is 313 g/mol. The summed E-state index contributed by atoms with van der Waals surface area (Å²) in [6.45, 7) is 6.39. The topological polar surface area (TPSA) is 21.3 Å². The zero-order valence-corrected chi connectivity index (χ0v) is 13.2. The highest BCUT2D eigenvalue weighted by molar-refractivity contribution is 9.10. The molecular formula is C15H24BrNO. The van der Waals surface area contributed by atoms with Crippen molar-refractivity contribution in [3.63, 3.8) is 0 Å². The number of ether oxygens (including phenoxy) is 1. The van der Waals surface area contributed by atoms with Crippen molar-refractivity contribution in [3.05, 3.63) is 28.7 Å². The average molecular weight is 314 g/mol. The van der Waals surface area contributed by atoms with E-state index in [1.165, 1.54) is 12.8 Å². The van der Waals surface area contributed by atoms with Gasteiger partial charge in [0.15, 0.2) is 0 Å². The summed E-state index contributed by atoms with van der Waals surface area (Å²) < 4.78 is 6.88. The van der Waals surface area contributed by atoms with Crippen LogP contribution in [0.4, 0.5) is 0 Å². The highest BCUT2D eigenvalue weighted by Crippen LogP contribution is 2.27. The van der Waals surface area contributed by atoms with Gasteiger partial charge in [0.25, 0.3) is 0 Å². The summed E-state index contributed by atoms with van der Waals surface area (Å²) in [4.78, 5) is 0. The van der Waals surface area contributed by atoms with Crippen LogP contribution in [0.1, 0.15) is 33.1 Å². The van der Waals surface area contributed by atoms with Crippen LogP contribution >= 0.6 is 15.9 Å². The van der Waals surface area contributed by atoms with Gasteiger partial charge in [0.1, 0.15) is 5.75 Å². The molecule has 0 saturated heterocycles. The molecule has 1 aromatic rings. The smallest absolute Gasteiger partial charge is 0.119 e. The Kier molecular flexibility index (Phi) is 6.72. The highest BCUT2D eigenvalue weighted by atomic mass is 79.9. The first kappa shape index (κ1) is 15.5. The van der Waals surface area contributed by atoms with E-state index in [0.29, 0.717) is 5.41 Å². The van der Waals surface area contributed by atoms with Crippen LogP contribution in [-0.4, -0.2) is 20.2 Å². The van der Waals surface area contributed by atoms with Crippen molar-refractivity contribution in [1.82, 2.24) is 5.32 Å². The molecular weight excluding hydrogens is 290 g/mol. The van der Waals surface area contributed by atoms with Gasteiger partial charge < -0.3 is 10.1 Å². The fourth-order valence-electron chi connectivity index (χ4n) is 2.28. The van der Waals surface area contributed by atoms with Crippen LogP contribution in [0.3, 0.4) is 0 Å². The average Bonchev–Trinajstić information content (AvgIpc) is 2.32. The van der Waals surface area contributed by atoms with Crippen LogP contribution in [0.5, 0.6) is 5.75 Å². The molecule has 1 rings (SSSR count). The fraction of sp³-hybridized carbons (Fsp3) is 0.600. The Hall–Kier alpha value is -0.540. The molecule has 0 aliphatic carbocycles. The van der Waals surface area contributed by atoms with Crippen LogP contribution in [0, 0.1) is 5.41 Å². The first-order valence-electron chi connectivity index (χ1n) is 6.62. The Balaban J connectivity index is 2.40. The summed E-state index contributed by atoms with van der Waals surface area (Å²) in [5.74, 6) is 0.946. The molecule has 2 nitrogen and oxygen atoms in total. The normalized spacial score (nSPS) is 14.2. The molecule has 1 atom stereocenters. The lowest BCUT2D eigenvalue weighted by Crippen LogP contribution is -2.31. The van der Waals surface area contributed by atoms with Crippen LogP contribution in [-0.2, 0) is 0 Å². The van der Waals surface area contributed by atoms with Gasteiger partial charge in [-0.3, -0.25) is 0 Å². The van der Waals surface area contributed by atoms with Crippen LogP contribution in [0.2, 0.25) is 0 Å². The van der Waals surface area contributed by atoms with E-state index >= 15 is 0 Å². The second-order valence-electron chi connectivity index (χ2n) is 5.14. The molecule has 0 spiro atoms. The van der Waals surface area contributed by atoms with Crippen molar-refractivity contribution in [2.75, 3.05) is 20.2 Å². The molecule has 0 bridgehead atoms. The minimum absolute atomic E-state index is 0.332. The van der Waals surface area contributed by atoms with Gasteiger partial charge >= 0.3 is 0 Å². The van der Waals surface area contributed by atoms with Crippen molar-refractivity contribution in [2.45, 2.75) is 33.1 Å². The Morgan fingerprint density at radius 3 is 2.44 bits per heavy atom. The molecule has 0 saturated carbocycles. The molecule has 0 aromatic heterocycles. The molecule has 102 valence electrons. The highest BCUT2D eigenvalue weighted by Gasteiger charge is 2.22. The summed E-state index contributed by atoms with van der Waals surface area (Å²) in [5.41, 5.74) is 0.332. The van der Waals surface area contributed by atoms with Gasteiger partial charge in [-0.1, -0.05) is 36.2 Å². The lowest BCUT2D eigenvalue weighted by molar-refractivity contribution is 0.196. The van der Waals surface area contributed by atoms with Gasteiger partial charge in [-0.15, -0.1) is 0 Å². The van der Waals surface area contributed by atoms with Crippen LogP contribution in [0.15, 0.2) is 28.7 Å². The molecule has 0 radical (unpaired) electrons. The molecule has 18 heavy (non-hydrogen) atoms. The van der Waals surface area contributed by atoms with Crippen LogP contribution in [0.25, 0.3) is 0 Å². The lowest BCUT2D eigenvalue weighted by atomic mass is 9.82. The molecule has 0 aliphatic heterocycles. The lowest BCUT2D eigenvalue weighted by Gasteiger charge is -2.29. The maximum atomic E-state index is 5.80. The van der Waals surface area contributed by atoms with Gasteiger partial charge in [0.05, 0.1) is 6.61 Å². The molecule has 0 heterocycles. The fourth-order valence-corrected chi connectivity index (χ4v) is 2.54. The quantitative estimate of drug-likeness (QED) is 0.775. The summed E-state index contributed by atoms with van der Waals surface area (Å²) >= 11 is 3.42. The SMILES string of the molecule is CCCC(C)(CCOc1ccc(Br)cc1)CNC. The molecule has 0 amide bonds. The van der Waals surface area contributed by atoms with E-state index in [-0.39, 0.29) is 0 Å². The van der Waals surface area contributed by atoms with Gasteiger partial charge in [0.2, 0.25) is 0 Å². The minimum atomic E-state index is 0.332. The third-order valence-electron chi connectivity index (χ3n) is 3.25. The van der Waals surface area contributed by atoms with E-state index in [9.17, 15) is 0 Å². The van der Waals surface area contributed by atoms with Crippen molar-refractivity contribution < 1.29 is 4.74 Å². The van der Waals surface area contributed by atoms with E-state index < -0.39 is 0 Å². The van der Waals surface area contributed by atoms with Gasteiger partial charge in [-0.25, -0.2) is 0 Å². The van der Waals surface area contributed by atoms with E-state index in [2.05, 4.69) is 35.1 Å². The first-order valence-corrected chi connectivity index (χ1v) is 7.42. The van der Waals surface area contributed by atoms with Crippen molar-refractivity contribution in [2.24, 2.45) is 5.41 Å². The number of halogens is 1. The Bertz CT molecular complexity index is 331. The number of benzene rings is 1. The van der Waals surface area contributed by atoms with Gasteiger partial charge in [-0.2, -0.15) is 0 Å². The Labute approximate surface area is 119 Å². The number of rotatable bonds is 8. The van der Waals surface area contributed by atoms with Crippen molar-refractivity contribution >= 4 is 15.9 Å². The number of hydrogen-bond donors (Lipinski definition) is 1. The standard InChI is InChI=1S/C15H24BrNO/c1-4-9-15(2,12-17-3)10-11-18-14-7-5-13(16)6-8-14/h5-8,17H,4,9-12H2,1-3H3. The second-order valence-corrected chi connectivity index (χ2v) is 6.06. The molecule has 0 fully saturated rings. The van der Waals surface area contributed by atoms with E-state index in [0.717, 1.165) is 29.8 Å². The summed E-state index contributed by atoms with van der Waals surface area (Å²) in [7, 11) is 2.02. The minimum Gasteiger partial charge on any atom is -0.494 e. The maximum absolute atomic E-state index is 5.80. The molecule has 0 aliphatic rings. The number of nitrogens with one attached hydrogen (secondary N) is 1. The van der Waals surface area contributed by atoms with Crippen LogP contribution < -0.4 is 10.1 Å². The molecule has 3 heteroatoms. The molecule has 1 unspecified atom stereocenters. The summed E-state index contributed by atoms with van der Waals surface area (Å²) in [6.07, 6.45) is 3.53. The molecule has 1 aromatic carbocycles. The van der Waals surface area contributed by atoms with Gasteiger partial charge in [-0.05, 0) is 49.6 Å². The molecule has 1 N–H and O–H groups in total. The summed E-state index contributed by atoms with van der Waals surface area (Å²) in [5, 5.41) is 3.29. The van der Waals surface area contributed by atoms with Crippen molar-refractivity contribution in [1.29, 1.82) is 0 Å². The van der Waals surface area contributed by atoms with Crippen molar-refractivity contribution in [3.8, 4) is 5.75 Å². The Morgan fingerprint density at radius 2 is 1.89 bits per heavy atom. The second kappa shape index (κ2) is 7.80. The zero-order chi connectivity index (χ0) is 13.4. The zero-order valence-electron chi connectivity index (χ0n) is 11.6. The maximum Gasteiger partial charge on any atom is 0.119 e. The van der Waals surface area contributed by atoms with E-state index in [4.69, 9.17) is 4.74 Å². The predicted octanol–water partition coefficient (Wildman–Crippen LogP) is 4.24. The third-order valence-corrected chi connectivity index (χ3v) is 3.77. The predicted molar refractivity (Wildman–Crippen MR) is 81.2 cm³/mol. The largest absolute Gasteiger partial charge is 0.494 e. The summed E-state index contributed by atoms with van der Waals surface area (Å²) in [6, 6.07) is 8.01.